The van der Waals surface area contributed by atoms with Gasteiger partial charge in [-0.25, -0.2) is 0 Å². The maximum Gasteiger partial charge on any atom is 0.246 e. The van der Waals surface area contributed by atoms with E-state index in [1.54, 1.807) is 12.0 Å². The zero-order valence-corrected chi connectivity index (χ0v) is 20.4. The van der Waals surface area contributed by atoms with Gasteiger partial charge in [-0.1, -0.05) is 42.4 Å². The average Bonchev–Trinajstić information content (AvgIpc) is 2.91. The molecule has 0 saturated carbocycles. The van der Waals surface area contributed by atoms with Crippen molar-refractivity contribution in [1.82, 2.24) is 9.88 Å². The maximum absolute atomic E-state index is 12.0. The third kappa shape index (κ3) is 4.04. The van der Waals surface area contributed by atoms with E-state index in [2.05, 4.69) is 40.6 Å². The van der Waals surface area contributed by atoms with E-state index in [1.807, 2.05) is 18.2 Å². The van der Waals surface area contributed by atoms with Crippen molar-refractivity contribution in [3.63, 3.8) is 0 Å². The molecule has 8 heteroatoms. The number of nitrogens with zero attached hydrogens (tertiary/aromatic N) is 5. The lowest BCUT2D eigenvalue weighted by Crippen LogP contribution is -2.49. The van der Waals surface area contributed by atoms with Gasteiger partial charge in [0.15, 0.2) is 0 Å². The largest absolute Gasteiger partial charge is 0.480 e. The lowest BCUT2D eigenvalue weighted by molar-refractivity contribution is -0.126. The van der Waals surface area contributed by atoms with E-state index in [0.29, 0.717) is 49.2 Å². The monoisotopic (exact) mass is 487 g/mol. The summed E-state index contributed by atoms with van der Waals surface area (Å²) in [7, 11) is 1.55. The standard InChI is InChI=1S/C27H26ClN5O2/c1-3-24(34)31-12-14-32(15-13-31)26-19-10-11-33(17-21(19)20(16-29)27(30-26)35-2)23-9-5-7-18-6-4-8-22(28)25(18)23/h3-9H,1,10-15,17H2,2H3. The molecule has 2 aliphatic rings. The summed E-state index contributed by atoms with van der Waals surface area (Å²) in [6, 6.07) is 14.4. The van der Waals surface area contributed by atoms with Crippen LogP contribution in [0.15, 0.2) is 49.1 Å². The fourth-order valence-electron chi connectivity index (χ4n) is 5.13. The van der Waals surface area contributed by atoms with Crippen LogP contribution >= 0.6 is 11.6 Å². The second-order valence-corrected chi connectivity index (χ2v) is 9.10. The van der Waals surface area contributed by atoms with Gasteiger partial charge in [-0.15, -0.1) is 0 Å². The van der Waals surface area contributed by atoms with Crippen molar-refractivity contribution in [3.8, 4) is 11.9 Å². The molecule has 0 spiro atoms. The number of nitriles is 1. The number of rotatable bonds is 4. The molecule has 0 N–H and O–H groups in total. The molecule has 7 nitrogen and oxygen atoms in total. The first-order valence-electron chi connectivity index (χ1n) is 11.6. The molecule has 1 fully saturated rings. The Morgan fingerprint density at radius 2 is 1.86 bits per heavy atom. The summed E-state index contributed by atoms with van der Waals surface area (Å²) in [6.45, 7) is 7.46. The molecular formula is C27H26ClN5O2. The topological polar surface area (TPSA) is 72.7 Å². The Hall–Kier alpha value is -3.76. The molecule has 0 unspecified atom stereocenters. The normalized spacial score (nSPS) is 15.5. The van der Waals surface area contributed by atoms with Gasteiger partial charge < -0.3 is 19.4 Å². The number of carbonyl (C=O) groups is 1. The Morgan fingerprint density at radius 1 is 1.11 bits per heavy atom. The van der Waals surface area contributed by atoms with Crippen LogP contribution < -0.4 is 14.5 Å². The molecular weight excluding hydrogens is 462 g/mol. The van der Waals surface area contributed by atoms with Gasteiger partial charge in [-0.3, -0.25) is 4.79 Å². The lowest BCUT2D eigenvalue weighted by Gasteiger charge is -2.38. The Labute approximate surface area is 209 Å². The number of ether oxygens (including phenoxy) is 1. The molecule has 0 atom stereocenters. The quantitative estimate of drug-likeness (QED) is 0.514. The molecule has 3 aromatic rings. The zero-order valence-electron chi connectivity index (χ0n) is 19.6. The first-order chi connectivity index (χ1) is 17.0. The highest BCUT2D eigenvalue weighted by atomic mass is 35.5. The molecule has 3 heterocycles. The zero-order chi connectivity index (χ0) is 24.5. The maximum atomic E-state index is 12.0. The van der Waals surface area contributed by atoms with Gasteiger partial charge >= 0.3 is 0 Å². The Kier molecular flexibility index (Phi) is 6.23. The molecule has 2 aliphatic heterocycles. The van der Waals surface area contributed by atoms with Crippen molar-refractivity contribution >= 4 is 39.8 Å². The fourth-order valence-corrected chi connectivity index (χ4v) is 5.40. The number of amides is 1. The molecule has 1 aromatic heterocycles. The van der Waals surface area contributed by atoms with Crippen LogP contribution in [0, 0.1) is 11.3 Å². The van der Waals surface area contributed by atoms with E-state index in [0.717, 1.165) is 46.4 Å². The summed E-state index contributed by atoms with van der Waals surface area (Å²) in [5.41, 5.74) is 3.54. The summed E-state index contributed by atoms with van der Waals surface area (Å²) in [5.74, 6) is 1.13. The van der Waals surface area contributed by atoms with E-state index in [-0.39, 0.29) is 5.91 Å². The summed E-state index contributed by atoms with van der Waals surface area (Å²) in [4.78, 5) is 23.1. The van der Waals surface area contributed by atoms with Crippen molar-refractivity contribution in [2.75, 3.05) is 49.6 Å². The van der Waals surface area contributed by atoms with Crippen molar-refractivity contribution in [2.24, 2.45) is 0 Å². The van der Waals surface area contributed by atoms with Gasteiger partial charge in [-0.2, -0.15) is 10.2 Å². The van der Waals surface area contributed by atoms with Crippen LogP contribution in [0.4, 0.5) is 11.5 Å². The number of benzene rings is 2. The van der Waals surface area contributed by atoms with Gasteiger partial charge in [0, 0.05) is 61.5 Å². The summed E-state index contributed by atoms with van der Waals surface area (Å²) in [5, 5.41) is 12.8. The third-order valence-electron chi connectivity index (χ3n) is 6.88. The van der Waals surface area contributed by atoms with Gasteiger partial charge in [-0.05, 0) is 30.0 Å². The SMILES string of the molecule is C=CC(=O)N1CCN(c2nc(OC)c(C#N)c3c2CCN(c2cccc4cccc(Cl)c24)C3)CC1. The van der Waals surface area contributed by atoms with Crippen LogP contribution in [-0.4, -0.2) is 55.6 Å². The summed E-state index contributed by atoms with van der Waals surface area (Å²) in [6.07, 6.45) is 2.09. The number of fused-ring (bicyclic) bond motifs is 2. The summed E-state index contributed by atoms with van der Waals surface area (Å²) < 4.78 is 5.56. The molecule has 2 aromatic carbocycles. The van der Waals surface area contributed by atoms with E-state index < -0.39 is 0 Å². The minimum absolute atomic E-state index is 0.0542. The minimum atomic E-state index is -0.0542. The summed E-state index contributed by atoms with van der Waals surface area (Å²) >= 11 is 6.61. The highest BCUT2D eigenvalue weighted by molar-refractivity contribution is 6.36. The van der Waals surface area contributed by atoms with Crippen LogP contribution in [0.25, 0.3) is 10.8 Å². The third-order valence-corrected chi connectivity index (χ3v) is 7.20. The Bertz CT molecular complexity index is 1350. The van der Waals surface area contributed by atoms with Crippen LogP contribution in [0.3, 0.4) is 0 Å². The second kappa shape index (κ2) is 9.47. The first-order valence-corrected chi connectivity index (χ1v) is 12.0. The van der Waals surface area contributed by atoms with Gasteiger partial charge in [0.2, 0.25) is 11.8 Å². The second-order valence-electron chi connectivity index (χ2n) is 8.69. The number of hydrogen-bond donors (Lipinski definition) is 0. The number of piperazine rings is 1. The number of hydrogen-bond acceptors (Lipinski definition) is 6. The molecule has 0 aliphatic carbocycles. The molecule has 5 rings (SSSR count). The number of carbonyl (C=O) groups excluding carboxylic acids is 1. The highest BCUT2D eigenvalue weighted by Gasteiger charge is 2.31. The Morgan fingerprint density at radius 3 is 2.54 bits per heavy atom. The molecule has 0 radical (unpaired) electrons. The van der Waals surface area contributed by atoms with E-state index in [1.165, 1.54) is 6.08 Å². The van der Waals surface area contributed by atoms with Crippen molar-refractivity contribution in [1.29, 1.82) is 5.26 Å². The van der Waals surface area contributed by atoms with E-state index >= 15 is 0 Å². The predicted molar refractivity (Wildman–Crippen MR) is 138 cm³/mol. The number of pyridine rings is 1. The fraction of sp³-hybridized carbons (Fsp3) is 0.296. The Balaban J connectivity index is 1.54. The molecule has 1 amide bonds. The average molecular weight is 488 g/mol. The molecule has 1 saturated heterocycles. The van der Waals surface area contributed by atoms with Gasteiger partial charge in [0.05, 0.1) is 12.1 Å². The van der Waals surface area contributed by atoms with Crippen LogP contribution in [0.2, 0.25) is 5.02 Å². The van der Waals surface area contributed by atoms with Crippen LogP contribution in [0.5, 0.6) is 5.88 Å². The minimum Gasteiger partial charge on any atom is -0.480 e. The van der Waals surface area contributed by atoms with Crippen molar-refractivity contribution < 1.29 is 9.53 Å². The van der Waals surface area contributed by atoms with Crippen LogP contribution in [0.1, 0.15) is 16.7 Å². The van der Waals surface area contributed by atoms with E-state index in [9.17, 15) is 10.1 Å². The smallest absolute Gasteiger partial charge is 0.246 e. The lowest BCUT2D eigenvalue weighted by atomic mass is 9.94. The van der Waals surface area contributed by atoms with Gasteiger partial charge in [0.25, 0.3) is 0 Å². The van der Waals surface area contributed by atoms with Gasteiger partial charge in [0.1, 0.15) is 17.5 Å². The number of halogens is 1. The van der Waals surface area contributed by atoms with Crippen LogP contribution in [-0.2, 0) is 17.8 Å². The number of methoxy groups -OCH3 is 1. The molecule has 178 valence electrons. The number of aromatic nitrogens is 1. The first kappa shape index (κ1) is 23.0. The molecule has 0 bridgehead atoms. The van der Waals surface area contributed by atoms with Crippen molar-refractivity contribution in [2.45, 2.75) is 13.0 Å². The predicted octanol–water partition coefficient (Wildman–Crippen LogP) is 4.17. The number of anilines is 2. The molecule has 35 heavy (non-hydrogen) atoms. The van der Waals surface area contributed by atoms with Crippen molar-refractivity contribution in [3.05, 3.63) is 70.8 Å². The van der Waals surface area contributed by atoms with E-state index in [4.69, 9.17) is 21.3 Å². The highest BCUT2D eigenvalue weighted by Crippen LogP contribution is 2.39.